The predicted octanol–water partition coefficient (Wildman–Crippen LogP) is -0.0571. The predicted molar refractivity (Wildman–Crippen MR) is 79.2 cm³/mol. The summed E-state index contributed by atoms with van der Waals surface area (Å²) in [5.74, 6) is -2.34. The van der Waals surface area contributed by atoms with Crippen molar-refractivity contribution < 1.29 is 34.8 Å². The lowest BCUT2D eigenvalue weighted by Crippen LogP contribution is -2.57. The Balaban J connectivity index is 2.03. The largest absolute Gasteiger partial charge is 0.479 e. The minimum absolute atomic E-state index is 0.495. The molecule has 0 saturated heterocycles. The molecule has 0 spiro atoms. The number of carboxylic acids is 1. The first-order chi connectivity index (χ1) is 10.8. The van der Waals surface area contributed by atoms with E-state index in [2.05, 4.69) is 0 Å². The number of aliphatic hydroxyl groups excluding tert-OH is 2. The Bertz CT molecular complexity index is 598. The van der Waals surface area contributed by atoms with Crippen molar-refractivity contribution >= 4 is 18.0 Å². The van der Waals surface area contributed by atoms with Crippen LogP contribution in [0.25, 0.3) is 6.08 Å². The fourth-order valence-electron chi connectivity index (χ4n) is 2.45. The van der Waals surface area contributed by atoms with Gasteiger partial charge >= 0.3 is 11.9 Å². The van der Waals surface area contributed by atoms with Crippen molar-refractivity contribution in [2.75, 3.05) is 0 Å². The monoisotopic (exact) mass is 322 g/mol. The zero-order valence-electron chi connectivity index (χ0n) is 12.2. The maximum atomic E-state index is 11.8. The number of aliphatic hydroxyl groups is 3. The topological polar surface area (TPSA) is 124 Å². The van der Waals surface area contributed by atoms with Crippen LogP contribution >= 0.6 is 0 Å². The van der Waals surface area contributed by atoms with Crippen LogP contribution in [0.1, 0.15) is 18.4 Å². The number of hydrogen-bond acceptors (Lipinski definition) is 6. The molecule has 4 N–H and O–H groups in total. The molecule has 7 nitrogen and oxygen atoms in total. The molecule has 1 saturated carbocycles. The second-order valence-electron chi connectivity index (χ2n) is 5.52. The number of hydrogen-bond donors (Lipinski definition) is 4. The third-order valence-electron chi connectivity index (χ3n) is 3.74. The number of esters is 1. The van der Waals surface area contributed by atoms with E-state index in [0.29, 0.717) is 0 Å². The van der Waals surface area contributed by atoms with Crippen molar-refractivity contribution in [3.8, 4) is 0 Å². The maximum Gasteiger partial charge on any atom is 0.335 e. The summed E-state index contributed by atoms with van der Waals surface area (Å²) in [5.41, 5.74) is -1.48. The first-order valence-corrected chi connectivity index (χ1v) is 7.07. The highest BCUT2D eigenvalue weighted by molar-refractivity contribution is 5.87. The zero-order valence-corrected chi connectivity index (χ0v) is 12.2. The third kappa shape index (κ3) is 4.16. The molecular weight excluding hydrogens is 304 g/mol. The SMILES string of the molecule is O=C(C=Cc1ccccc1)OC1CC(O)(C(=O)O)CC(O)C1O. The van der Waals surface area contributed by atoms with Crippen molar-refractivity contribution in [3.05, 3.63) is 42.0 Å². The number of carbonyl (C=O) groups excluding carboxylic acids is 1. The van der Waals surface area contributed by atoms with E-state index < -0.39 is 48.7 Å². The highest BCUT2D eigenvalue weighted by atomic mass is 16.6. The fourth-order valence-corrected chi connectivity index (χ4v) is 2.45. The van der Waals surface area contributed by atoms with Crippen LogP contribution in [0.15, 0.2) is 36.4 Å². The summed E-state index contributed by atoms with van der Waals surface area (Å²) < 4.78 is 4.98. The molecule has 0 aromatic heterocycles. The molecule has 1 aromatic carbocycles. The summed E-state index contributed by atoms with van der Waals surface area (Å²) in [7, 11) is 0. The van der Waals surface area contributed by atoms with Crippen molar-refractivity contribution in [2.45, 2.75) is 36.8 Å². The lowest BCUT2D eigenvalue weighted by atomic mass is 9.79. The molecule has 1 aromatic rings. The molecule has 1 fully saturated rings. The zero-order chi connectivity index (χ0) is 17.0. The summed E-state index contributed by atoms with van der Waals surface area (Å²) in [6.45, 7) is 0. The summed E-state index contributed by atoms with van der Waals surface area (Å²) in [5, 5.41) is 38.5. The highest BCUT2D eigenvalue weighted by Gasteiger charge is 2.50. The van der Waals surface area contributed by atoms with Gasteiger partial charge in [0.05, 0.1) is 6.10 Å². The number of rotatable bonds is 4. The summed E-state index contributed by atoms with van der Waals surface area (Å²) in [6.07, 6.45) is -2.67. The van der Waals surface area contributed by atoms with Gasteiger partial charge in [-0.2, -0.15) is 0 Å². The van der Waals surface area contributed by atoms with Crippen LogP contribution in [-0.2, 0) is 14.3 Å². The lowest BCUT2D eigenvalue weighted by Gasteiger charge is -2.39. The molecule has 4 unspecified atom stereocenters. The minimum Gasteiger partial charge on any atom is -0.479 e. The summed E-state index contributed by atoms with van der Waals surface area (Å²) >= 11 is 0. The lowest BCUT2D eigenvalue weighted by molar-refractivity contribution is -0.196. The average molecular weight is 322 g/mol. The second kappa shape index (κ2) is 6.91. The van der Waals surface area contributed by atoms with E-state index in [-0.39, 0.29) is 0 Å². The molecule has 0 heterocycles. The van der Waals surface area contributed by atoms with Gasteiger partial charge in [-0.3, -0.25) is 0 Å². The van der Waals surface area contributed by atoms with Crippen molar-refractivity contribution in [2.24, 2.45) is 0 Å². The van der Waals surface area contributed by atoms with E-state index >= 15 is 0 Å². The van der Waals surface area contributed by atoms with Crippen molar-refractivity contribution in [1.29, 1.82) is 0 Å². The standard InChI is InChI=1S/C16H18O7/c17-11-8-16(22,15(20)21)9-12(14(11)19)23-13(18)7-6-10-4-2-1-3-5-10/h1-7,11-12,14,17,19,22H,8-9H2,(H,20,21). The van der Waals surface area contributed by atoms with E-state index in [0.717, 1.165) is 11.6 Å². The second-order valence-corrected chi connectivity index (χ2v) is 5.52. The van der Waals surface area contributed by atoms with Gasteiger partial charge in [0.1, 0.15) is 12.2 Å². The Morgan fingerprint density at radius 3 is 2.43 bits per heavy atom. The smallest absolute Gasteiger partial charge is 0.335 e. The van der Waals surface area contributed by atoms with Crippen LogP contribution in [0, 0.1) is 0 Å². The molecule has 1 aliphatic rings. The minimum atomic E-state index is -2.24. The Labute approximate surface area is 132 Å². The van der Waals surface area contributed by atoms with E-state index in [1.165, 1.54) is 6.08 Å². The Morgan fingerprint density at radius 2 is 1.83 bits per heavy atom. The summed E-state index contributed by atoms with van der Waals surface area (Å²) in [6, 6.07) is 8.94. The molecule has 0 bridgehead atoms. The Hall–Kier alpha value is -2.22. The Morgan fingerprint density at radius 1 is 1.17 bits per heavy atom. The molecule has 1 aliphatic carbocycles. The maximum absolute atomic E-state index is 11.8. The van der Waals surface area contributed by atoms with Crippen LogP contribution in [-0.4, -0.2) is 56.3 Å². The molecular formula is C16H18O7. The van der Waals surface area contributed by atoms with Crippen LogP contribution < -0.4 is 0 Å². The molecule has 0 radical (unpaired) electrons. The van der Waals surface area contributed by atoms with E-state index in [4.69, 9.17) is 9.84 Å². The van der Waals surface area contributed by atoms with Crippen molar-refractivity contribution in [3.63, 3.8) is 0 Å². The van der Waals surface area contributed by atoms with Gasteiger partial charge in [-0.25, -0.2) is 9.59 Å². The van der Waals surface area contributed by atoms with Crippen LogP contribution in [0.5, 0.6) is 0 Å². The number of aliphatic carboxylic acids is 1. The molecule has 0 aliphatic heterocycles. The molecule has 23 heavy (non-hydrogen) atoms. The van der Waals surface area contributed by atoms with Gasteiger partial charge in [0, 0.05) is 18.9 Å². The van der Waals surface area contributed by atoms with Crippen LogP contribution in [0.3, 0.4) is 0 Å². The third-order valence-corrected chi connectivity index (χ3v) is 3.74. The molecule has 0 amide bonds. The van der Waals surface area contributed by atoms with E-state index in [9.17, 15) is 24.9 Å². The molecule has 4 atom stereocenters. The van der Waals surface area contributed by atoms with Crippen LogP contribution in [0.4, 0.5) is 0 Å². The van der Waals surface area contributed by atoms with Gasteiger partial charge in [0.15, 0.2) is 5.60 Å². The Kier molecular flexibility index (Phi) is 5.15. The first-order valence-electron chi connectivity index (χ1n) is 7.07. The number of carboxylic acid groups (broad SMARTS) is 1. The normalized spacial score (nSPS) is 31.0. The van der Waals surface area contributed by atoms with Gasteiger partial charge in [-0.15, -0.1) is 0 Å². The average Bonchev–Trinajstić information content (AvgIpc) is 2.51. The first kappa shape index (κ1) is 17.1. The molecule has 2 rings (SSSR count). The van der Waals surface area contributed by atoms with Gasteiger partial charge in [0.25, 0.3) is 0 Å². The van der Waals surface area contributed by atoms with E-state index in [1.807, 2.05) is 6.07 Å². The van der Waals surface area contributed by atoms with Crippen molar-refractivity contribution in [1.82, 2.24) is 0 Å². The fraction of sp³-hybridized carbons (Fsp3) is 0.375. The quantitative estimate of drug-likeness (QED) is 0.452. The van der Waals surface area contributed by atoms with Crippen LogP contribution in [0.2, 0.25) is 0 Å². The van der Waals surface area contributed by atoms with Gasteiger partial charge in [-0.05, 0) is 11.6 Å². The van der Waals surface area contributed by atoms with E-state index in [1.54, 1.807) is 24.3 Å². The van der Waals surface area contributed by atoms with Gasteiger partial charge in [0.2, 0.25) is 0 Å². The molecule has 7 heteroatoms. The number of benzene rings is 1. The number of ether oxygens (including phenoxy) is 1. The molecule has 124 valence electrons. The summed E-state index contributed by atoms with van der Waals surface area (Å²) in [4.78, 5) is 22.9. The highest BCUT2D eigenvalue weighted by Crippen LogP contribution is 2.31. The van der Waals surface area contributed by atoms with Gasteiger partial charge in [-0.1, -0.05) is 30.3 Å². The van der Waals surface area contributed by atoms with Gasteiger partial charge < -0.3 is 25.2 Å². The number of carbonyl (C=O) groups is 2.